The smallest absolute Gasteiger partial charge is 0.0991 e. The van der Waals surface area contributed by atoms with E-state index in [1.807, 2.05) is 12.1 Å². The number of aromatic nitrogens is 4. The third-order valence-corrected chi connectivity index (χ3v) is 26.6. The summed E-state index contributed by atoms with van der Waals surface area (Å²) in [7, 11) is -1.34. The fraction of sp³-hybridized carbons (Fsp3) is 0.0472. The summed E-state index contributed by atoms with van der Waals surface area (Å²) >= 11 is 0. The number of para-hydroxylation sites is 4. The van der Waals surface area contributed by atoms with Gasteiger partial charge in [-0.2, -0.15) is 5.26 Å². The van der Waals surface area contributed by atoms with Crippen molar-refractivity contribution in [3.8, 4) is 28.3 Å². The SMILES string of the molecule is C[Si](C)(C)c1ccc2c(c1)c1cccc3c4cc5ccccc5cc4n2c13.Cc1ccc(-c2ccccc2)cc1-c1ccc2c(c1)c1cccc3c4cc5ccccc5cc4n2c13.Cc1ccc2c(c1)c1cccc3c4cc5ccccc5cc4n2c13.N#Cc1ccc2c(c1)c1cccc3c4cc5ccccc5cc4n2c13. The fourth-order valence-electron chi connectivity index (χ4n) is 19.2. The van der Waals surface area contributed by atoms with E-state index in [0.29, 0.717) is 5.56 Å². The first-order valence-corrected chi connectivity index (χ1v) is 42.4. The van der Waals surface area contributed by atoms with Crippen molar-refractivity contribution in [3.63, 3.8) is 0 Å². The van der Waals surface area contributed by atoms with E-state index in [4.69, 9.17) is 0 Å². The fourth-order valence-corrected chi connectivity index (χ4v) is 20.4. The Morgan fingerprint density at radius 2 is 0.554 bits per heavy atom. The van der Waals surface area contributed by atoms with Crippen LogP contribution in [0.15, 0.2) is 340 Å². The van der Waals surface area contributed by atoms with E-state index >= 15 is 0 Å². The Morgan fingerprint density at radius 1 is 0.232 bits per heavy atom. The highest BCUT2D eigenvalue weighted by atomic mass is 28.3. The lowest BCUT2D eigenvalue weighted by Gasteiger charge is -2.16. The van der Waals surface area contributed by atoms with E-state index in [9.17, 15) is 5.26 Å². The average molecular weight is 1440 g/mol. The lowest BCUT2D eigenvalue weighted by atomic mass is 9.94. The lowest BCUT2D eigenvalue weighted by Crippen LogP contribution is -2.37. The first kappa shape index (κ1) is 63.9. The summed E-state index contributed by atoms with van der Waals surface area (Å²) < 4.78 is 9.75. The molecule has 26 aromatic rings. The molecule has 0 saturated heterocycles. The van der Waals surface area contributed by atoms with Crippen LogP contribution in [0, 0.1) is 25.2 Å². The van der Waals surface area contributed by atoms with Crippen LogP contribution in [0.4, 0.5) is 0 Å². The summed E-state index contributed by atoms with van der Waals surface area (Å²) in [6.07, 6.45) is 0. The second-order valence-electron chi connectivity index (χ2n) is 32.0. The Morgan fingerprint density at radius 3 is 0.946 bits per heavy atom. The van der Waals surface area contributed by atoms with E-state index < -0.39 is 8.07 Å². The van der Waals surface area contributed by atoms with Crippen molar-refractivity contribution in [1.29, 1.82) is 5.26 Å². The number of hydrogen-bond acceptors (Lipinski definition) is 1. The van der Waals surface area contributed by atoms with Gasteiger partial charge >= 0.3 is 0 Å². The topological polar surface area (TPSA) is 41.4 Å². The first-order valence-electron chi connectivity index (χ1n) is 38.9. The quantitative estimate of drug-likeness (QED) is 0.163. The predicted molar refractivity (Wildman–Crippen MR) is 482 cm³/mol. The van der Waals surface area contributed by atoms with Crippen molar-refractivity contribution in [2.24, 2.45) is 0 Å². The standard InChI is InChI=1S/C35H23N.C25H21NSi.C23H12N2.C23H15N/c1-22-14-15-26(23-8-3-2-4-9-23)18-30(22)27-16-17-33-31(20-27)28-12-7-13-29-32-19-24-10-5-6-11-25(24)21-34(32)36(33)35(28)29;1-27(2,3)18-11-12-23-22(15-18)20-10-6-9-19-21-13-16-7-4-5-8-17(16)14-24(21)26(23)25(19)20;24-13-14-8-9-21-19(10-14)17-6-3-7-18-20-11-15-4-1-2-5-16(15)12-22(20)25(21)23(17)18;1-14-9-10-21-19(11-14)17-7-4-8-18-20-12-15-5-2-3-6-16(15)13-22(20)24(21)23(17)18/h2-21H,1H3;4-15H,1-3H3;1-12H;2-13H,1H3. The minimum Gasteiger partial charge on any atom is -0.308 e. The molecule has 0 atom stereocenters. The van der Waals surface area contributed by atoms with Crippen LogP contribution in [0.5, 0.6) is 0 Å². The minimum atomic E-state index is -1.34. The summed E-state index contributed by atoms with van der Waals surface area (Å²) in [4.78, 5) is 0. The summed E-state index contributed by atoms with van der Waals surface area (Å²) in [6, 6.07) is 126. The van der Waals surface area contributed by atoms with Crippen LogP contribution in [-0.2, 0) is 0 Å². The molecule has 26 rings (SSSR count). The highest BCUT2D eigenvalue weighted by Gasteiger charge is 2.25. The van der Waals surface area contributed by atoms with E-state index in [1.165, 1.54) is 223 Å². The Bertz CT molecular complexity index is 8460. The van der Waals surface area contributed by atoms with Gasteiger partial charge in [0.15, 0.2) is 0 Å². The van der Waals surface area contributed by atoms with Crippen LogP contribution in [0.2, 0.25) is 19.6 Å². The van der Waals surface area contributed by atoms with Gasteiger partial charge in [-0.3, -0.25) is 0 Å². The van der Waals surface area contributed by atoms with Gasteiger partial charge in [-0.05, 0) is 188 Å². The number of nitrogens with zero attached hydrogens (tertiary/aromatic N) is 5. The van der Waals surface area contributed by atoms with Crippen molar-refractivity contribution in [3.05, 3.63) is 356 Å². The number of nitriles is 1. The van der Waals surface area contributed by atoms with E-state index in [1.54, 1.807) is 0 Å². The molecule has 0 aliphatic rings. The molecule has 18 aromatic carbocycles. The molecule has 0 aliphatic carbocycles. The third-order valence-electron chi connectivity index (χ3n) is 24.5. The second-order valence-corrected chi connectivity index (χ2v) is 37.1. The van der Waals surface area contributed by atoms with Gasteiger partial charge < -0.3 is 17.6 Å². The summed E-state index contributed by atoms with van der Waals surface area (Å²) in [5, 5.41) is 42.2. The number of fused-ring (bicyclic) bond motifs is 28. The molecule has 8 aromatic heterocycles. The van der Waals surface area contributed by atoms with Crippen LogP contribution in [0.1, 0.15) is 16.7 Å². The van der Waals surface area contributed by atoms with E-state index in [-0.39, 0.29) is 0 Å². The van der Waals surface area contributed by atoms with E-state index in [2.05, 4.69) is 385 Å². The molecular weight excluding hydrogens is 1370 g/mol. The molecule has 6 heteroatoms. The molecule has 0 radical (unpaired) electrons. The second kappa shape index (κ2) is 24.0. The first-order chi connectivity index (χ1) is 54.9. The molecule has 5 nitrogen and oxygen atoms in total. The number of aryl methyl sites for hydroxylation is 2. The van der Waals surface area contributed by atoms with Crippen LogP contribution in [-0.4, -0.2) is 25.7 Å². The van der Waals surface area contributed by atoms with Crippen molar-refractivity contribution >= 4 is 209 Å². The van der Waals surface area contributed by atoms with Crippen LogP contribution < -0.4 is 5.19 Å². The molecule has 0 unspecified atom stereocenters. The monoisotopic (exact) mass is 1440 g/mol. The molecule has 0 N–H and O–H groups in total. The maximum absolute atomic E-state index is 9.26. The number of rotatable bonds is 3. The van der Waals surface area contributed by atoms with Gasteiger partial charge in [0, 0.05) is 86.2 Å². The highest BCUT2D eigenvalue weighted by Crippen LogP contribution is 2.47. The average Bonchev–Trinajstić information content (AvgIpc) is 1.56. The Hall–Kier alpha value is -14.1. The van der Waals surface area contributed by atoms with Gasteiger partial charge in [0.2, 0.25) is 0 Å². The van der Waals surface area contributed by atoms with Gasteiger partial charge in [-0.25, -0.2) is 0 Å². The third kappa shape index (κ3) is 9.42. The maximum Gasteiger partial charge on any atom is 0.0991 e. The largest absolute Gasteiger partial charge is 0.308 e. The van der Waals surface area contributed by atoms with Crippen LogP contribution in [0.25, 0.3) is 218 Å². The molecule has 524 valence electrons. The van der Waals surface area contributed by atoms with Crippen molar-refractivity contribution in [2.45, 2.75) is 33.5 Å². The Labute approximate surface area is 645 Å². The molecule has 0 saturated carbocycles. The Balaban J connectivity index is 0.0000000903. The molecule has 0 spiro atoms. The van der Waals surface area contributed by atoms with Gasteiger partial charge in [-0.1, -0.05) is 267 Å². The lowest BCUT2D eigenvalue weighted by molar-refractivity contribution is 1.37. The Kier molecular flexibility index (Phi) is 13.7. The van der Waals surface area contributed by atoms with Crippen molar-refractivity contribution in [2.75, 3.05) is 0 Å². The zero-order chi connectivity index (χ0) is 74.5. The normalized spacial score (nSPS) is 12.3. The zero-order valence-electron chi connectivity index (χ0n) is 62.6. The summed E-state index contributed by atoms with van der Waals surface area (Å²) in [5.41, 5.74) is 23.8. The number of hydrogen-bond donors (Lipinski definition) is 0. The highest BCUT2D eigenvalue weighted by molar-refractivity contribution is 6.88. The molecule has 0 aliphatic heterocycles. The van der Waals surface area contributed by atoms with Gasteiger partial charge in [-0.15, -0.1) is 0 Å². The van der Waals surface area contributed by atoms with Gasteiger partial charge in [0.25, 0.3) is 0 Å². The summed E-state index contributed by atoms with van der Waals surface area (Å²) in [5.74, 6) is 0. The molecule has 8 heterocycles. The van der Waals surface area contributed by atoms with E-state index in [0.717, 1.165) is 10.9 Å². The predicted octanol–water partition coefficient (Wildman–Crippen LogP) is 28.3. The van der Waals surface area contributed by atoms with Crippen molar-refractivity contribution < 1.29 is 0 Å². The molecule has 0 amide bonds. The minimum absolute atomic E-state index is 0.705. The van der Waals surface area contributed by atoms with Gasteiger partial charge in [0.1, 0.15) is 0 Å². The molecule has 112 heavy (non-hydrogen) atoms. The molecule has 0 bridgehead atoms. The number of benzene rings is 18. The zero-order valence-corrected chi connectivity index (χ0v) is 63.6. The van der Waals surface area contributed by atoms with Crippen LogP contribution >= 0.6 is 0 Å². The molecular formula is C106H71N5Si. The van der Waals surface area contributed by atoms with Crippen LogP contribution in [0.3, 0.4) is 0 Å². The summed E-state index contributed by atoms with van der Waals surface area (Å²) in [6.45, 7) is 11.6. The maximum atomic E-state index is 9.26. The van der Waals surface area contributed by atoms with Crippen molar-refractivity contribution in [1.82, 2.24) is 17.6 Å². The van der Waals surface area contributed by atoms with Gasteiger partial charge in [0.05, 0.1) is 85.9 Å². The molecule has 0 fully saturated rings.